The van der Waals surface area contributed by atoms with Crippen molar-refractivity contribution >= 4 is 29.1 Å². The highest BCUT2D eigenvalue weighted by Gasteiger charge is 2.29. The van der Waals surface area contributed by atoms with Crippen LogP contribution in [0.3, 0.4) is 0 Å². The minimum absolute atomic E-state index is 0.543. The number of benzene rings is 2. The standard InChI is InChI=1S/C14H11ClF3NS/c15-12-7-11(19)5-6-13(12)20-8-9-1-3-10(4-2-9)14(16,17)18/h1-7H,8,19H2. The van der Waals surface area contributed by atoms with E-state index in [1.54, 1.807) is 18.2 Å². The van der Waals surface area contributed by atoms with Gasteiger partial charge in [-0.15, -0.1) is 11.8 Å². The van der Waals surface area contributed by atoms with Gasteiger partial charge in [-0.1, -0.05) is 23.7 Å². The Morgan fingerprint density at radius 1 is 1.05 bits per heavy atom. The Morgan fingerprint density at radius 3 is 2.25 bits per heavy atom. The Hall–Kier alpha value is -1.33. The molecule has 0 amide bonds. The minimum atomic E-state index is -4.30. The third-order valence-electron chi connectivity index (χ3n) is 2.63. The average Bonchev–Trinajstić information content (AvgIpc) is 2.37. The molecule has 20 heavy (non-hydrogen) atoms. The molecule has 0 heterocycles. The van der Waals surface area contributed by atoms with Crippen LogP contribution in [-0.2, 0) is 11.9 Å². The first kappa shape index (κ1) is 15.1. The summed E-state index contributed by atoms with van der Waals surface area (Å²) < 4.78 is 37.3. The van der Waals surface area contributed by atoms with Crippen LogP contribution in [0.2, 0.25) is 5.02 Å². The second kappa shape index (κ2) is 5.97. The largest absolute Gasteiger partial charge is 0.416 e. The fourth-order valence-electron chi connectivity index (χ4n) is 1.59. The molecule has 0 saturated carbocycles. The van der Waals surface area contributed by atoms with Gasteiger partial charge in [0.2, 0.25) is 0 Å². The fourth-order valence-corrected chi connectivity index (χ4v) is 2.81. The van der Waals surface area contributed by atoms with E-state index in [0.717, 1.165) is 22.6 Å². The van der Waals surface area contributed by atoms with Gasteiger partial charge >= 0.3 is 6.18 Å². The zero-order chi connectivity index (χ0) is 14.8. The van der Waals surface area contributed by atoms with Crippen molar-refractivity contribution in [3.05, 3.63) is 58.6 Å². The van der Waals surface area contributed by atoms with Crippen molar-refractivity contribution < 1.29 is 13.2 Å². The molecule has 0 aliphatic carbocycles. The smallest absolute Gasteiger partial charge is 0.399 e. The monoisotopic (exact) mass is 317 g/mol. The Kier molecular flexibility index (Phi) is 4.50. The number of halogens is 4. The molecule has 0 atom stereocenters. The Labute approximate surface area is 123 Å². The lowest BCUT2D eigenvalue weighted by Crippen LogP contribution is -2.04. The summed E-state index contributed by atoms with van der Waals surface area (Å²) in [7, 11) is 0. The molecular weight excluding hydrogens is 307 g/mol. The van der Waals surface area contributed by atoms with E-state index < -0.39 is 11.7 Å². The van der Waals surface area contributed by atoms with Crippen molar-refractivity contribution in [2.45, 2.75) is 16.8 Å². The van der Waals surface area contributed by atoms with Gasteiger partial charge < -0.3 is 5.73 Å². The third kappa shape index (κ3) is 3.84. The van der Waals surface area contributed by atoms with Gasteiger partial charge in [0, 0.05) is 16.3 Å². The van der Waals surface area contributed by atoms with E-state index in [-0.39, 0.29) is 0 Å². The van der Waals surface area contributed by atoms with Crippen molar-refractivity contribution in [3.63, 3.8) is 0 Å². The van der Waals surface area contributed by atoms with Gasteiger partial charge in [0.15, 0.2) is 0 Å². The highest BCUT2D eigenvalue weighted by Crippen LogP contribution is 2.33. The van der Waals surface area contributed by atoms with E-state index in [1.165, 1.54) is 23.9 Å². The molecule has 0 spiro atoms. The predicted molar refractivity (Wildman–Crippen MR) is 76.9 cm³/mol. The van der Waals surface area contributed by atoms with Crippen molar-refractivity contribution in [2.24, 2.45) is 0 Å². The number of nitrogen functional groups attached to an aromatic ring is 1. The quantitative estimate of drug-likeness (QED) is 0.619. The molecule has 1 nitrogen and oxygen atoms in total. The molecule has 2 aromatic carbocycles. The number of thioether (sulfide) groups is 1. The van der Waals surface area contributed by atoms with E-state index in [1.807, 2.05) is 0 Å². The molecule has 6 heteroatoms. The Morgan fingerprint density at radius 2 is 1.70 bits per heavy atom. The van der Waals surface area contributed by atoms with Crippen LogP contribution < -0.4 is 5.73 Å². The van der Waals surface area contributed by atoms with E-state index in [0.29, 0.717) is 16.5 Å². The molecule has 0 fully saturated rings. The topological polar surface area (TPSA) is 26.0 Å². The molecule has 0 unspecified atom stereocenters. The summed E-state index contributed by atoms with van der Waals surface area (Å²) in [6, 6.07) is 10.3. The molecule has 2 N–H and O–H groups in total. The highest BCUT2D eigenvalue weighted by molar-refractivity contribution is 7.98. The molecule has 2 rings (SSSR count). The first-order valence-electron chi connectivity index (χ1n) is 5.70. The molecule has 0 aliphatic rings. The molecule has 0 aliphatic heterocycles. The van der Waals surface area contributed by atoms with Gasteiger partial charge in [0.25, 0.3) is 0 Å². The minimum Gasteiger partial charge on any atom is -0.399 e. The zero-order valence-corrected chi connectivity index (χ0v) is 11.8. The van der Waals surface area contributed by atoms with Gasteiger partial charge in [0.05, 0.1) is 10.6 Å². The second-order valence-electron chi connectivity index (χ2n) is 4.17. The predicted octanol–water partition coefficient (Wildman–Crippen LogP) is 5.23. The van der Waals surface area contributed by atoms with Gasteiger partial charge in [-0.25, -0.2) is 0 Å². The number of hydrogen-bond acceptors (Lipinski definition) is 2. The van der Waals surface area contributed by atoms with E-state index in [9.17, 15) is 13.2 Å². The summed E-state index contributed by atoms with van der Waals surface area (Å²) in [6.45, 7) is 0. The van der Waals surface area contributed by atoms with Crippen LogP contribution >= 0.6 is 23.4 Å². The third-order valence-corrected chi connectivity index (χ3v) is 4.20. The Balaban J connectivity index is 2.04. The van der Waals surface area contributed by atoms with Crippen LogP contribution in [0.25, 0.3) is 0 Å². The maximum atomic E-state index is 12.4. The first-order valence-corrected chi connectivity index (χ1v) is 7.06. The van der Waals surface area contributed by atoms with Crippen LogP contribution in [0.1, 0.15) is 11.1 Å². The molecule has 106 valence electrons. The molecule has 0 aromatic heterocycles. The number of rotatable bonds is 3. The maximum absolute atomic E-state index is 12.4. The average molecular weight is 318 g/mol. The molecule has 0 bridgehead atoms. The summed E-state index contributed by atoms with van der Waals surface area (Å²) >= 11 is 7.48. The summed E-state index contributed by atoms with van der Waals surface area (Å²) in [5, 5.41) is 0.543. The number of alkyl halides is 3. The van der Waals surface area contributed by atoms with Crippen LogP contribution in [0, 0.1) is 0 Å². The highest BCUT2D eigenvalue weighted by atomic mass is 35.5. The number of hydrogen-bond donors (Lipinski definition) is 1. The molecular formula is C14H11ClF3NS. The Bertz CT molecular complexity index is 596. The van der Waals surface area contributed by atoms with Gasteiger partial charge in [-0.3, -0.25) is 0 Å². The summed E-state index contributed by atoms with van der Waals surface area (Å²) in [4.78, 5) is 0.848. The lowest BCUT2D eigenvalue weighted by Gasteiger charge is -2.08. The number of nitrogens with two attached hydrogens (primary N) is 1. The maximum Gasteiger partial charge on any atom is 0.416 e. The zero-order valence-electron chi connectivity index (χ0n) is 10.2. The van der Waals surface area contributed by atoms with Gasteiger partial charge in [-0.05, 0) is 35.9 Å². The second-order valence-corrected chi connectivity index (χ2v) is 5.60. The lowest BCUT2D eigenvalue weighted by molar-refractivity contribution is -0.137. The van der Waals surface area contributed by atoms with E-state index >= 15 is 0 Å². The van der Waals surface area contributed by atoms with Gasteiger partial charge in [0.1, 0.15) is 0 Å². The van der Waals surface area contributed by atoms with Crippen LogP contribution in [0.5, 0.6) is 0 Å². The SMILES string of the molecule is Nc1ccc(SCc2ccc(C(F)(F)F)cc2)c(Cl)c1. The van der Waals surface area contributed by atoms with Crippen molar-refractivity contribution in [3.8, 4) is 0 Å². The van der Waals surface area contributed by atoms with Crippen LogP contribution in [0.15, 0.2) is 47.4 Å². The summed E-state index contributed by atoms with van der Waals surface area (Å²) in [5.41, 5.74) is 6.33. The molecule has 2 aromatic rings. The molecule has 0 saturated heterocycles. The fraction of sp³-hybridized carbons (Fsp3) is 0.143. The van der Waals surface area contributed by atoms with Crippen LogP contribution in [-0.4, -0.2) is 0 Å². The summed E-state index contributed by atoms with van der Waals surface area (Å²) in [6.07, 6.45) is -4.30. The summed E-state index contributed by atoms with van der Waals surface area (Å²) in [5.74, 6) is 0.543. The van der Waals surface area contributed by atoms with Crippen LogP contribution in [0.4, 0.5) is 18.9 Å². The number of anilines is 1. The molecule has 0 radical (unpaired) electrons. The van der Waals surface area contributed by atoms with Crippen molar-refractivity contribution in [2.75, 3.05) is 5.73 Å². The van der Waals surface area contributed by atoms with Crippen molar-refractivity contribution in [1.29, 1.82) is 0 Å². The van der Waals surface area contributed by atoms with Gasteiger partial charge in [-0.2, -0.15) is 13.2 Å². The van der Waals surface area contributed by atoms with Crippen molar-refractivity contribution in [1.82, 2.24) is 0 Å². The lowest BCUT2D eigenvalue weighted by atomic mass is 10.1. The first-order chi connectivity index (χ1) is 9.36. The van der Waals surface area contributed by atoms with E-state index in [2.05, 4.69) is 0 Å². The van der Waals surface area contributed by atoms with E-state index in [4.69, 9.17) is 17.3 Å². The normalized spacial score (nSPS) is 11.6.